The average Bonchev–Trinajstić information content (AvgIpc) is 2.78. The first-order chi connectivity index (χ1) is 15.2. The van der Waals surface area contributed by atoms with Crippen molar-refractivity contribution in [1.82, 2.24) is 5.32 Å². The van der Waals surface area contributed by atoms with Gasteiger partial charge in [-0.3, -0.25) is 10.1 Å². The Morgan fingerprint density at radius 2 is 0.935 bits per heavy atom. The van der Waals surface area contributed by atoms with Crippen molar-refractivity contribution in [2.75, 3.05) is 0 Å². The molecule has 2 N–H and O–H groups in total. The van der Waals surface area contributed by atoms with Gasteiger partial charge in [-0.05, 0) is 19.3 Å². The van der Waals surface area contributed by atoms with Gasteiger partial charge < -0.3 is 5.11 Å². The number of rotatable bonds is 25. The van der Waals surface area contributed by atoms with Crippen LogP contribution in [0.2, 0.25) is 0 Å². The molecule has 0 saturated carbocycles. The summed E-state index contributed by atoms with van der Waals surface area (Å²) < 4.78 is 0. The number of aliphatic hydroxyl groups excluding tert-OH is 1. The molecule has 0 spiro atoms. The number of hydrogen-bond donors (Lipinski definition) is 2. The summed E-state index contributed by atoms with van der Waals surface area (Å²) in [5.41, 5.74) is 0. The van der Waals surface area contributed by atoms with E-state index in [2.05, 4.69) is 12.2 Å². The van der Waals surface area contributed by atoms with Crippen LogP contribution in [0.4, 0.5) is 0 Å². The highest BCUT2D eigenvalue weighted by atomic mass is 16.3. The molecule has 0 aromatic heterocycles. The molecular formula is C28H57NO2. The maximum Gasteiger partial charge on any atom is 0.149 e. The van der Waals surface area contributed by atoms with Gasteiger partial charge in [-0.1, -0.05) is 136 Å². The summed E-state index contributed by atoms with van der Waals surface area (Å²) in [6.07, 6.45) is 27.6. The summed E-state index contributed by atoms with van der Waals surface area (Å²) in [6.45, 7) is 6.22. The Labute approximate surface area is 195 Å². The number of Topliss-reactive ketones (excluding diaryl/α,β-unsaturated/α-hetero) is 1. The monoisotopic (exact) mass is 439 g/mol. The standard InChI is InChI=1S/C28H57NO2/c1-4-7-8-9-10-11-12-13-14-15-16-17-18-19-20-21-22-23-24-25-27(30)26(5-2)29-28(31)6-3/h26,28-29,31H,4-25H2,1-3H3. The minimum Gasteiger partial charge on any atom is -0.379 e. The van der Waals surface area contributed by atoms with Crippen molar-refractivity contribution in [3.8, 4) is 0 Å². The minimum atomic E-state index is -0.556. The number of carbonyl (C=O) groups excluding carboxylic acids is 1. The molecule has 186 valence electrons. The summed E-state index contributed by atoms with van der Waals surface area (Å²) in [7, 11) is 0. The summed E-state index contributed by atoms with van der Waals surface area (Å²) in [5, 5.41) is 12.7. The highest BCUT2D eigenvalue weighted by Crippen LogP contribution is 2.15. The smallest absolute Gasteiger partial charge is 0.149 e. The van der Waals surface area contributed by atoms with E-state index in [-0.39, 0.29) is 11.8 Å². The Morgan fingerprint density at radius 3 is 1.26 bits per heavy atom. The molecule has 0 saturated heterocycles. The third-order valence-corrected chi connectivity index (χ3v) is 6.60. The molecule has 0 aliphatic carbocycles. The molecule has 0 bridgehead atoms. The molecule has 2 atom stereocenters. The van der Waals surface area contributed by atoms with E-state index < -0.39 is 6.23 Å². The first-order valence-corrected chi connectivity index (χ1v) is 14.1. The van der Waals surface area contributed by atoms with E-state index in [1.165, 1.54) is 109 Å². The predicted molar refractivity (Wildman–Crippen MR) is 137 cm³/mol. The van der Waals surface area contributed by atoms with Crippen molar-refractivity contribution in [2.45, 2.75) is 174 Å². The fourth-order valence-corrected chi connectivity index (χ4v) is 4.34. The Hall–Kier alpha value is -0.410. The number of carbonyl (C=O) groups is 1. The third-order valence-electron chi connectivity index (χ3n) is 6.60. The van der Waals surface area contributed by atoms with Crippen LogP contribution < -0.4 is 5.32 Å². The Kier molecular flexibility index (Phi) is 23.9. The Bertz CT molecular complexity index is 372. The average molecular weight is 440 g/mol. The molecule has 0 fully saturated rings. The van der Waals surface area contributed by atoms with Crippen molar-refractivity contribution in [2.24, 2.45) is 0 Å². The van der Waals surface area contributed by atoms with Crippen molar-refractivity contribution < 1.29 is 9.90 Å². The van der Waals surface area contributed by atoms with Gasteiger partial charge in [0, 0.05) is 6.42 Å². The topological polar surface area (TPSA) is 49.3 Å². The van der Waals surface area contributed by atoms with Crippen LogP contribution in [0.5, 0.6) is 0 Å². The minimum absolute atomic E-state index is 0.175. The van der Waals surface area contributed by atoms with E-state index in [0.717, 1.165) is 19.3 Å². The van der Waals surface area contributed by atoms with Gasteiger partial charge in [0.25, 0.3) is 0 Å². The third kappa shape index (κ3) is 21.2. The molecule has 0 aliphatic rings. The van der Waals surface area contributed by atoms with E-state index in [9.17, 15) is 9.90 Å². The van der Waals surface area contributed by atoms with E-state index in [4.69, 9.17) is 0 Å². The predicted octanol–water partition coefficient (Wildman–Crippen LogP) is 8.47. The summed E-state index contributed by atoms with van der Waals surface area (Å²) >= 11 is 0. The van der Waals surface area contributed by atoms with E-state index in [0.29, 0.717) is 12.8 Å². The van der Waals surface area contributed by atoms with Gasteiger partial charge in [0.05, 0.1) is 6.04 Å². The van der Waals surface area contributed by atoms with Crippen LogP contribution in [0.1, 0.15) is 162 Å². The van der Waals surface area contributed by atoms with E-state index in [1.807, 2.05) is 13.8 Å². The number of hydrogen-bond acceptors (Lipinski definition) is 3. The molecule has 0 aromatic carbocycles. The molecule has 0 radical (unpaired) electrons. The summed E-state index contributed by atoms with van der Waals surface area (Å²) in [5.74, 6) is 0.266. The zero-order valence-electron chi connectivity index (χ0n) is 21.6. The van der Waals surface area contributed by atoms with Crippen LogP contribution in [0.3, 0.4) is 0 Å². The first-order valence-electron chi connectivity index (χ1n) is 14.1. The fraction of sp³-hybridized carbons (Fsp3) is 0.964. The van der Waals surface area contributed by atoms with Crippen molar-refractivity contribution in [3.05, 3.63) is 0 Å². The van der Waals surface area contributed by atoms with Gasteiger partial charge >= 0.3 is 0 Å². The fourth-order valence-electron chi connectivity index (χ4n) is 4.34. The van der Waals surface area contributed by atoms with Crippen LogP contribution in [0.15, 0.2) is 0 Å². The van der Waals surface area contributed by atoms with Gasteiger partial charge in [-0.25, -0.2) is 0 Å². The van der Waals surface area contributed by atoms with Crippen molar-refractivity contribution in [1.29, 1.82) is 0 Å². The highest BCUT2D eigenvalue weighted by molar-refractivity contribution is 5.83. The van der Waals surface area contributed by atoms with Crippen LogP contribution >= 0.6 is 0 Å². The van der Waals surface area contributed by atoms with Crippen LogP contribution in [0, 0.1) is 0 Å². The lowest BCUT2D eigenvalue weighted by atomic mass is 10.0. The first kappa shape index (κ1) is 30.6. The summed E-state index contributed by atoms with van der Waals surface area (Å²) in [6, 6.07) is -0.175. The molecule has 2 unspecified atom stereocenters. The van der Waals surface area contributed by atoms with Gasteiger partial charge in [0.15, 0.2) is 0 Å². The molecular weight excluding hydrogens is 382 g/mol. The quantitative estimate of drug-likeness (QED) is 0.111. The van der Waals surface area contributed by atoms with Crippen molar-refractivity contribution in [3.63, 3.8) is 0 Å². The van der Waals surface area contributed by atoms with Crippen LogP contribution in [-0.4, -0.2) is 23.2 Å². The molecule has 3 heteroatoms. The lowest BCUT2D eigenvalue weighted by Crippen LogP contribution is -2.42. The lowest BCUT2D eigenvalue weighted by molar-refractivity contribution is -0.122. The van der Waals surface area contributed by atoms with Crippen LogP contribution in [-0.2, 0) is 4.79 Å². The van der Waals surface area contributed by atoms with E-state index >= 15 is 0 Å². The molecule has 31 heavy (non-hydrogen) atoms. The Morgan fingerprint density at radius 1 is 0.581 bits per heavy atom. The van der Waals surface area contributed by atoms with Gasteiger partial charge in [0.2, 0.25) is 0 Å². The lowest BCUT2D eigenvalue weighted by Gasteiger charge is -2.19. The number of ketones is 1. The highest BCUT2D eigenvalue weighted by Gasteiger charge is 2.17. The van der Waals surface area contributed by atoms with Gasteiger partial charge in [-0.2, -0.15) is 0 Å². The molecule has 0 heterocycles. The number of nitrogens with one attached hydrogen (secondary N) is 1. The number of aliphatic hydroxyl groups is 1. The largest absolute Gasteiger partial charge is 0.379 e. The molecule has 0 rings (SSSR count). The summed E-state index contributed by atoms with van der Waals surface area (Å²) in [4.78, 5) is 12.2. The van der Waals surface area contributed by atoms with Gasteiger partial charge in [-0.15, -0.1) is 0 Å². The zero-order chi connectivity index (χ0) is 23.0. The maximum absolute atomic E-state index is 12.2. The second-order valence-corrected chi connectivity index (χ2v) is 9.63. The second-order valence-electron chi connectivity index (χ2n) is 9.63. The Balaban J connectivity index is 3.28. The van der Waals surface area contributed by atoms with E-state index in [1.54, 1.807) is 0 Å². The SMILES string of the molecule is CCCCCCCCCCCCCCCCCCCCCC(=O)C(CC)NC(O)CC. The zero-order valence-corrected chi connectivity index (χ0v) is 21.6. The molecule has 0 amide bonds. The number of unbranched alkanes of at least 4 members (excludes halogenated alkanes) is 18. The van der Waals surface area contributed by atoms with Crippen LogP contribution in [0.25, 0.3) is 0 Å². The van der Waals surface area contributed by atoms with Gasteiger partial charge in [0.1, 0.15) is 12.0 Å². The normalized spacial score (nSPS) is 13.4. The maximum atomic E-state index is 12.2. The molecule has 0 aliphatic heterocycles. The van der Waals surface area contributed by atoms with Crippen molar-refractivity contribution >= 4 is 5.78 Å². The molecule has 3 nitrogen and oxygen atoms in total. The molecule has 0 aromatic rings. The second kappa shape index (κ2) is 24.2.